The van der Waals surface area contributed by atoms with Crippen molar-refractivity contribution in [3.8, 4) is 5.75 Å². The number of ether oxygens (including phenoxy) is 1. The number of aliphatic hydroxyl groups excluding tert-OH is 1. The van der Waals surface area contributed by atoms with Crippen molar-refractivity contribution in [3.05, 3.63) is 65.2 Å². The van der Waals surface area contributed by atoms with Gasteiger partial charge >= 0.3 is 0 Å². The number of carbonyl (C=O) groups is 2. The van der Waals surface area contributed by atoms with E-state index in [4.69, 9.17) is 4.74 Å². The van der Waals surface area contributed by atoms with E-state index in [9.17, 15) is 14.7 Å². The summed E-state index contributed by atoms with van der Waals surface area (Å²) in [7, 11) is 0. The Labute approximate surface area is 145 Å². The summed E-state index contributed by atoms with van der Waals surface area (Å²) < 4.78 is 5.65. The average molecular weight is 340 g/mol. The first-order valence-electron chi connectivity index (χ1n) is 8.17. The van der Waals surface area contributed by atoms with E-state index in [1.165, 1.54) is 0 Å². The number of benzene rings is 2. The van der Waals surface area contributed by atoms with Crippen molar-refractivity contribution < 1.29 is 19.4 Å². The molecule has 1 heterocycles. The molecule has 4 bridgehead atoms. The van der Waals surface area contributed by atoms with E-state index in [1.54, 1.807) is 24.3 Å². The summed E-state index contributed by atoms with van der Waals surface area (Å²) in [4.78, 5) is 24.6. The highest BCUT2D eigenvalue weighted by Gasteiger charge is 2.16. The molecule has 0 spiro atoms. The number of aliphatic hydroxyl groups is 1. The first-order valence-corrected chi connectivity index (χ1v) is 8.17. The van der Waals surface area contributed by atoms with Gasteiger partial charge in [0, 0.05) is 11.1 Å². The zero-order valence-electron chi connectivity index (χ0n) is 13.7. The molecule has 130 valence electrons. The molecule has 0 radical (unpaired) electrons. The summed E-state index contributed by atoms with van der Waals surface area (Å²) in [6, 6.07) is 13.6. The second-order valence-corrected chi connectivity index (χ2v) is 5.89. The summed E-state index contributed by atoms with van der Waals surface area (Å²) in [5.74, 6) is 0.0988. The molecule has 0 aromatic heterocycles. The summed E-state index contributed by atoms with van der Waals surface area (Å²) in [6.45, 7) is 0.519. The van der Waals surface area contributed by atoms with Crippen LogP contribution >= 0.6 is 0 Å². The molecule has 1 unspecified atom stereocenters. The molecular formula is C19H20N2O4. The first-order chi connectivity index (χ1) is 12.2. The third kappa shape index (κ3) is 4.36. The lowest BCUT2D eigenvalue weighted by atomic mass is 10.0. The minimum absolute atomic E-state index is 0.184. The van der Waals surface area contributed by atoms with Gasteiger partial charge in [-0.2, -0.15) is 0 Å². The van der Waals surface area contributed by atoms with Crippen LogP contribution in [0.2, 0.25) is 0 Å². The molecule has 0 saturated heterocycles. The van der Waals surface area contributed by atoms with Crippen molar-refractivity contribution >= 4 is 11.8 Å². The van der Waals surface area contributed by atoms with E-state index in [1.807, 2.05) is 24.3 Å². The third-order valence-corrected chi connectivity index (χ3v) is 3.98. The van der Waals surface area contributed by atoms with Crippen molar-refractivity contribution in [1.29, 1.82) is 0 Å². The molecule has 25 heavy (non-hydrogen) atoms. The average Bonchev–Trinajstić information content (AvgIpc) is 2.64. The lowest BCUT2D eigenvalue weighted by Crippen LogP contribution is -2.39. The van der Waals surface area contributed by atoms with Crippen LogP contribution in [0.1, 0.15) is 26.3 Å². The van der Waals surface area contributed by atoms with Crippen molar-refractivity contribution in [3.63, 3.8) is 0 Å². The van der Waals surface area contributed by atoms with Gasteiger partial charge in [0.05, 0.1) is 19.2 Å². The smallest absolute Gasteiger partial charge is 0.251 e. The topological polar surface area (TPSA) is 87.7 Å². The maximum atomic E-state index is 12.4. The van der Waals surface area contributed by atoms with Crippen LogP contribution in [-0.2, 0) is 6.42 Å². The van der Waals surface area contributed by atoms with Crippen LogP contribution in [0.25, 0.3) is 0 Å². The van der Waals surface area contributed by atoms with Crippen molar-refractivity contribution in [1.82, 2.24) is 10.6 Å². The Morgan fingerprint density at radius 3 is 2.60 bits per heavy atom. The first kappa shape index (κ1) is 17.0. The van der Waals surface area contributed by atoms with E-state index < -0.39 is 6.04 Å². The van der Waals surface area contributed by atoms with Gasteiger partial charge in [0.25, 0.3) is 11.8 Å². The molecule has 3 rings (SSSR count). The van der Waals surface area contributed by atoms with Crippen molar-refractivity contribution in [2.24, 2.45) is 0 Å². The molecule has 2 aromatic rings. The molecule has 2 amide bonds. The number of amides is 2. The Morgan fingerprint density at radius 2 is 1.80 bits per heavy atom. The normalized spacial score (nSPS) is 18.2. The van der Waals surface area contributed by atoms with Gasteiger partial charge in [-0.25, -0.2) is 0 Å². The number of hydrogen-bond donors (Lipinski definition) is 3. The highest BCUT2D eigenvalue weighted by Crippen LogP contribution is 2.15. The lowest BCUT2D eigenvalue weighted by Gasteiger charge is -2.17. The molecule has 3 N–H and O–H groups in total. The Kier molecular flexibility index (Phi) is 5.30. The van der Waals surface area contributed by atoms with E-state index in [0.717, 1.165) is 5.56 Å². The quantitative estimate of drug-likeness (QED) is 0.726. The summed E-state index contributed by atoms with van der Waals surface area (Å²) in [5, 5.41) is 15.2. The zero-order valence-corrected chi connectivity index (χ0v) is 13.7. The van der Waals surface area contributed by atoms with Crippen LogP contribution in [0.15, 0.2) is 48.5 Å². The van der Waals surface area contributed by atoms with E-state index in [0.29, 0.717) is 36.4 Å². The number of fused-ring (bicyclic) bond motifs is 4. The Balaban J connectivity index is 1.89. The number of nitrogens with one attached hydrogen (secondary N) is 2. The molecular weight excluding hydrogens is 320 g/mol. The van der Waals surface area contributed by atoms with Gasteiger partial charge in [-0.05, 0) is 42.3 Å². The van der Waals surface area contributed by atoms with Crippen LogP contribution in [0, 0.1) is 0 Å². The fourth-order valence-corrected chi connectivity index (χ4v) is 2.71. The van der Waals surface area contributed by atoms with Gasteiger partial charge in [0.2, 0.25) is 0 Å². The van der Waals surface area contributed by atoms with E-state index in [-0.39, 0.29) is 18.4 Å². The minimum Gasteiger partial charge on any atom is -0.492 e. The van der Waals surface area contributed by atoms with Crippen LogP contribution < -0.4 is 15.4 Å². The van der Waals surface area contributed by atoms with E-state index in [2.05, 4.69) is 10.6 Å². The molecule has 0 saturated carbocycles. The molecule has 2 aromatic carbocycles. The van der Waals surface area contributed by atoms with Crippen molar-refractivity contribution in [2.45, 2.75) is 12.5 Å². The number of rotatable bonds is 1. The van der Waals surface area contributed by atoms with Crippen molar-refractivity contribution in [2.75, 3.05) is 19.8 Å². The molecule has 1 atom stereocenters. The second kappa shape index (κ2) is 7.81. The fraction of sp³-hybridized carbons (Fsp3) is 0.263. The Morgan fingerprint density at radius 1 is 1.04 bits per heavy atom. The zero-order chi connectivity index (χ0) is 17.6. The van der Waals surface area contributed by atoms with Gasteiger partial charge < -0.3 is 20.5 Å². The van der Waals surface area contributed by atoms with Gasteiger partial charge in [-0.15, -0.1) is 0 Å². The van der Waals surface area contributed by atoms with Gasteiger partial charge in [-0.1, -0.05) is 18.2 Å². The predicted octanol–water partition coefficient (Wildman–Crippen LogP) is 1.14. The summed E-state index contributed by atoms with van der Waals surface area (Å²) >= 11 is 0. The molecule has 6 heteroatoms. The monoisotopic (exact) mass is 340 g/mol. The lowest BCUT2D eigenvalue weighted by molar-refractivity contribution is 0.0916. The largest absolute Gasteiger partial charge is 0.492 e. The van der Waals surface area contributed by atoms with Crippen LogP contribution in [-0.4, -0.2) is 42.7 Å². The van der Waals surface area contributed by atoms with Crippen LogP contribution in [0.3, 0.4) is 0 Å². The maximum absolute atomic E-state index is 12.4. The Hall–Kier alpha value is -2.86. The van der Waals surface area contributed by atoms with Crippen LogP contribution in [0.5, 0.6) is 5.75 Å². The standard InChI is InChI=1S/C19H20N2O4/c22-12-16-9-13-3-1-6-17(10-13)25-8-7-20-18(23)14-4-2-5-15(11-14)19(24)21-16/h1-6,10-11,16,22H,7-9,12H2,(H,20,23)(H,21,24). The second-order valence-electron chi connectivity index (χ2n) is 5.89. The van der Waals surface area contributed by atoms with Gasteiger partial charge in [0.15, 0.2) is 0 Å². The summed E-state index contributed by atoms with van der Waals surface area (Å²) in [5.41, 5.74) is 1.74. The van der Waals surface area contributed by atoms with Gasteiger partial charge in [-0.3, -0.25) is 9.59 Å². The summed E-state index contributed by atoms with van der Waals surface area (Å²) in [6.07, 6.45) is 0.482. The minimum atomic E-state index is -0.426. The van der Waals surface area contributed by atoms with E-state index >= 15 is 0 Å². The van der Waals surface area contributed by atoms with Gasteiger partial charge in [0.1, 0.15) is 12.4 Å². The highest BCUT2D eigenvalue weighted by molar-refractivity contribution is 5.99. The molecule has 1 aliphatic rings. The number of hydrogen-bond acceptors (Lipinski definition) is 4. The Bertz CT molecular complexity index is 776. The highest BCUT2D eigenvalue weighted by atomic mass is 16.5. The predicted molar refractivity (Wildman–Crippen MR) is 92.8 cm³/mol. The SMILES string of the molecule is O=C1NCCOc2cccc(c2)CC(CO)NC(=O)c2cccc1c2. The molecule has 0 fully saturated rings. The van der Waals surface area contributed by atoms with Crippen LogP contribution in [0.4, 0.5) is 0 Å². The molecule has 6 nitrogen and oxygen atoms in total. The molecule has 1 aliphatic heterocycles. The fourth-order valence-electron chi connectivity index (χ4n) is 2.71. The molecule has 0 aliphatic carbocycles. The maximum Gasteiger partial charge on any atom is 0.251 e. The number of carbonyl (C=O) groups excluding carboxylic acids is 2. The third-order valence-electron chi connectivity index (χ3n) is 3.98.